The summed E-state index contributed by atoms with van der Waals surface area (Å²) in [6.07, 6.45) is 6.04. The van der Waals surface area contributed by atoms with Crippen LogP contribution in [-0.2, 0) is 13.0 Å². The zero-order chi connectivity index (χ0) is 18.9. The molecule has 0 amide bonds. The monoisotopic (exact) mass is 368 g/mol. The van der Waals surface area contributed by atoms with E-state index in [2.05, 4.69) is 17.2 Å². The second kappa shape index (κ2) is 10.4. The molecule has 25 heavy (non-hydrogen) atoms. The molecule has 0 aromatic heterocycles. The average Bonchev–Trinajstić information content (AvgIpc) is 2.55. The highest BCUT2D eigenvalue weighted by Gasteiger charge is 2.20. The third kappa shape index (κ3) is 8.32. The molecule has 0 spiro atoms. The quantitative estimate of drug-likeness (QED) is 0.440. The first-order valence-corrected chi connectivity index (χ1v) is 8.68. The van der Waals surface area contributed by atoms with Crippen molar-refractivity contribution in [1.82, 2.24) is 10.6 Å². The van der Waals surface area contributed by atoms with Crippen molar-refractivity contribution in [3.05, 3.63) is 70.9 Å². The maximum Gasteiger partial charge on any atom is 0.245 e. The van der Waals surface area contributed by atoms with Crippen LogP contribution in [0.3, 0.4) is 0 Å². The topological polar surface area (TPSA) is 24.1 Å². The average molecular weight is 369 g/mol. The Morgan fingerprint density at radius 2 is 1.88 bits per heavy atom. The molecule has 0 aliphatic heterocycles. The number of benzene rings is 1. The number of likely N-dealkylation sites (N-methyl/N-ethyl adjacent to an activating group) is 1. The minimum absolute atomic E-state index is 0.0133. The van der Waals surface area contributed by atoms with Crippen molar-refractivity contribution in [1.29, 1.82) is 0 Å². The van der Waals surface area contributed by atoms with E-state index in [1.165, 1.54) is 0 Å². The summed E-state index contributed by atoms with van der Waals surface area (Å²) in [6, 6.07) is 7.66. The Bertz CT molecular complexity index is 601. The molecule has 138 valence electrons. The zero-order valence-corrected chi connectivity index (χ0v) is 15.8. The minimum Gasteiger partial charge on any atom is -0.386 e. The van der Waals surface area contributed by atoms with Gasteiger partial charge in [-0.25, -0.2) is 8.78 Å². The molecule has 0 radical (unpaired) electrons. The molecule has 1 atom stereocenters. The van der Waals surface area contributed by atoms with E-state index >= 15 is 0 Å². The Kier molecular flexibility index (Phi) is 8.87. The Balaban J connectivity index is 2.65. The number of halogens is 3. The lowest BCUT2D eigenvalue weighted by molar-refractivity contribution is 0.0133. The summed E-state index contributed by atoms with van der Waals surface area (Å²) >= 11 is 6.09. The highest BCUT2D eigenvalue weighted by molar-refractivity contribution is 6.31. The molecule has 0 saturated carbocycles. The lowest BCUT2D eigenvalue weighted by Gasteiger charge is -2.16. The van der Waals surface area contributed by atoms with Crippen LogP contribution in [0.25, 0.3) is 0 Å². The summed E-state index contributed by atoms with van der Waals surface area (Å²) in [4.78, 5) is 0. The van der Waals surface area contributed by atoms with E-state index in [-0.39, 0.29) is 12.5 Å². The Hall–Kier alpha value is -1.65. The van der Waals surface area contributed by atoms with Crippen LogP contribution >= 0.6 is 11.6 Å². The molecule has 1 rings (SSSR count). The van der Waals surface area contributed by atoms with Crippen molar-refractivity contribution < 1.29 is 8.78 Å². The first kappa shape index (κ1) is 21.4. The molecular formula is C20H27ClF2N2. The third-order valence-corrected chi connectivity index (χ3v) is 4.00. The number of hydrogen-bond donors (Lipinski definition) is 2. The fourth-order valence-corrected chi connectivity index (χ4v) is 2.52. The van der Waals surface area contributed by atoms with Crippen LogP contribution in [0.4, 0.5) is 8.78 Å². The molecule has 2 N–H and O–H groups in total. The standard InChI is InChI=1S/C20H27ClF2N2/c1-5-6-19(24-4)18(15(2)21)14-25-13-17-9-7-16(8-10-17)11-12-20(3,22)23/h5-10,14,19,24-25H,2,11-13H2,1,3-4H3/b6-5-,18-14-. The van der Waals surface area contributed by atoms with E-state index in [1.807, 2.05) is 56.6 Å². The molecule has 1 aromatic carbocycles. The van der Waals surface area contributed by atoms with Gasteiger partial charge in [0.05, 0.1) is 6.04 Å². The molecule has 0 heterocycles. The fourth-order valence-electron chi connectivity index (χ4n) is 2.35. The minimum atomic E-state index is -2.62. The molecule has 0 aliphatic carbocycles. The van der Waals surface area contributed by atoms with Crippen molar-refractivity contribution in [2.24, 2.45) is 0 Å². The predicted octanol–water partition coefficient (Wildman–Crippen LogP) is 5.16. The second-order valence-electron chi connectivity index (χ2n) is 6.06. The molecule has 5 heteroatoms. The summed E-state index contributed by atoms with van der Waals surface area (Å²) < 4.78 is 25.8. The van der Waals surface area contributed by atoms with Crippen molar-refractivity contribution in [3.8, 4) is 0 Å². The van der Waals surface area contributed by atoms with E-state index in [0.717, 1.165) is 23.6 Å². The van der Waals surface area contributed by atoms with Crippen LogP contribution in [0.15, 0.2) is 59.8 Å². The predicted molar refractivity (Wildman–Crippen MR) is 103 cm³/mol. The van der Waals surface area contributed by atoms with Gasteiger partial charge < -0.3 is 10.6 Å². The van der Waals surface area contributed by atoms with E-state index in [4.69, 9.17) is 11.6 Å². The van der Waals surface area contributed by atoms with Gasteiger partial charge in [-0.3, -0.25) is 0 Å². The van der Waals surface area contributed by atoms with Gasteiger partial charge in [-0.2, -0.15) is 0 Å². The summed E-state index contributed by atoms with van der Waals surface area (Å²) in [5, 5.41) is 6.87. The van der Waals surface area contributed by atoms with Crippen LogP contribution in [0.2, 0.25) is 0 Å². The summed E-state index contributed by atoms with van der Waals surface area (Å²) in [7, 11) is 1.86. The van der Waals surface area contributed by atoms with E-state index in [9.17, 15) is 8.78 Å². The van der Waals surface area contributed by atoms with Crippen LogP contribution in [0.1, 0.15) is 31.4 Å². The van der Waals surface area contributed by atoms with Crippen LogP contribution in [-0.4, -0.2) is 19.0 Å². The van der Waals surface area contributed by atoms with Gasteiger partial charge in [0, 0.05) is 29.8 Å². The molecule has 0 saturated heterocycles. The van der Waals surface area contributed by atoms with Crippen molar-refractivity contribution in [3.63, 3.8) is 0 Å². The van der Waals surface area contributed by atoms with Gasteiger partial charge >= 0.3 is 0 Å². The van der Waals surface area contributed by atoms with Gasteiger partial charge in [-0.1, -0.05) is 54.6 Å². The number of hydrogen-bond acceptors (Lipinski definition) is 2. The van der Waals surface area contributed by atoms with Gasteiger partial charge in [0.15, 0.2) is 0 Å². The first-order valence-electron chi connectivity index (χ1n) is 8.30. The smallest absolute Gasteiger partial charge is 0.245 e. The highest BCUT2D eigenvalue weighted by atomic mass is 35.5. The molecule has 0 aliphatic rings. The molecule has 0 fully saturated rings. The molecule has 0 bridgehead atoms. The SMILES string of the molecule is C=C(Cl)/C(=C/NCc1ccc(CCC(C)(F)F)cc1)C(/C=C\C)NC. The number of allylic oxidation sites excluding steroid dienone is 1. The Morgan fingerprint density at radius 1 is 1.28 bits per heavy atom. The normalized spacial score (nSPS) is 13.9. The molecule has 2 nitrogen and oxygen atoms in total. The van der Waals surface area contributed by atoms with Gasteiger partial charge in [0.25, 0.3) is 0 Å². The highest BCUT2D eigenvalue weighted by Crippen LogP contribution is 2.20. The summed E-state index contributed by atoms with van der Waals surface area (Å²) in [5.74, 6) is -2.62. The molecular weight excluding hydrogens is 342 g/mol. The van der Waals surface area contributed by atoms with Crippen molar-refractivity contribution in [2.45, 2.75) is 45.2 Å². The largest absolute Gasteiger partial charge is 0.386 e. The summed E-state index contributed by atoms with van der Waals surface area (Å²) in [6.45, 7) is 7.32. The number of alkyl halides is 2. The van der Waals surface area contributed by atoms with Gasteiger partial charge in [-0.05, 0) is 38.4 Å². The second-order valence-corrected chi connectivity index (χ2v) is 6.52. The Morgan fingerprint density at radius 3 is 2.36 bits per heavy atom. The van der Waals surface area contributed by atoms with E-state index in [0.29, 0.717) is 18.0 Å². The maximum atomic E-state index is 12.9. The van der Waals surface area contributed by atoms with Gasteiger partial charge in [-0.15, -0.1) is 0 Å². The van der Waals surface area contributed by atoms with E-state index < -0.39 is 5.92 Å². The third-order valence-electron chi connectivity index (χ3n) is 3.78. The zero-order valence-electron chi connectivity index (χ0n) is 15.1. The number of nitrogens with one attached hydrogen (secondary N) is 2. The Labute approximate surface area is 154 Å². The van der Waals surface area contributed by atoms with Crippen molar-refractivity contribution >= 4 is 11.6 Å². The van der Waals surface area contributed by atoms with Crippen LogP contribution < -0.4 is 10.6 Å². The summed E-state index contributed by atoms with van der Waals surface area (Å²) in [5.41, 5.74) is 2.85. The van der Waals surface area contributed by atoms with E-state index in [1.54, 1.807) is 0 Å². The van der Waals surface area contributed by atoms with Crippen LogP contribution in [0, 0.1) is 0 Å². The fraction of sp³-hybridized carbons (Fsp3) is 0.400. The van der Waals surface area contributed by atoms with Gasteiger partial charge in [0.2, 0.25) is 5.92 Å². The first-order chi connectivity index (χ1) is 11.8. The maximum absolute atomic E-state index is 12.9. The lowest BCUT2D eigenvalue weighted by Crippen LogP contribution is -2.26. The molecule has 1 aromatic rings. The lowest BCUT2D eigenvalue weighted by atomic mass is 10.0. The molecule has 1 unspecified atom stereocenters. The number of aryl methyl sites for hydroxylation is 1. The van der Waals surface area contributed by atoms with Gasteiger partial charge in [0.1, 0.15) is 0 Å². The number of rotatable bonds is 10. The van der Waals surface area contributed by atoms with Crippen molar-refractivity contribution in [2.75, 3.05) is 7.05 Å². The van der Waals surface area contributed by atoms with Crippen LogP contribution in [0.5, 0.6) is 0 Å².